The molecule has 1 aliphatic carbocycles. The molecule has 0 saturated heterocycles. The van der Waals surface area contributed by atoms with Gasteiger partial charge in [-0.2, -0.15) is 0 Å². The van der Waals surface area contributed by atoms with Crippen LogP contribution in [0.4, 0.5) is 0 Å². The SMILES string of the molecule is c1cc2c3c-2cncc3c1. The van der Waals surface area contributed by atoms with Crippen molar-refractivity contribution >= 4 is 10.8 Å². The number of hydrogen-bond acceptors (Lipinski definition) is 1. The molecule has 0 aliphatic heterocycles. The van der Waals surface area contributed by atoms with Gasteiger partial charge in [-0.25, -0.2) is 0 Å². The second-order valence-corrected chi connectivity index (χ2v) is 2.59. The van der Waals surface area contributed by atoms with E-state index in [9.17, 15) is 0 Å². The fourth-order valence-corrected chi connectivity index (χ4v) is 1.47. The summed E-state index contributed by atoms with van der Waals surface area (Å²) in [5, 5.41) is 2.69. The first-order valence-corrected chi connectivity index (χ1v) is 3.34. The lowest BCUT2D eigenvalue weighted by atomic mass is 10.3. The summed E-state index contributed by atoms with van der Waals surface area (Å²) >= 11 is 0. The lowest BCUT2D eigenvalue weighted by Crippen LogP contribution is -1.62. The van der Waals surface area contributed by atoms with E-state index in [4.69, 9.17) is 0 Å². The molecule has 0 N–H and O–H groups in total. The Morgan fingerprint density at radius 1 is 1.00 bits per heavy atom. The molecule has 46 valence electrons. The third kappa shape index (κ3) is 0.346. The Labute approximate surface area is 58.3 Å². The van der Waals surface area contributed by atoms with Gasteiger partial charge in [-0.05, 0) is 5.56 Å². The largest absolute Gasteiger partial charge is 0.263 e. The van der Waals surface area contributed by atoms with E-state index >= 15 is 0 Å². The van der Waals surface area contributed by atoms with Crippen molar-refractivity contribution in [3.8, 4) is 11.1 Å². The van der Waals surface area contributed by atoms with E-state index < -0.39 is 0 Å². The van der Waals surface area contributed by atoms with Gasteiger partial charge in [0.1, 0.15) is 0 Å². The van der Waals surface area contributed by atoms with Gasteiger partial charge >= 0.3 is 0 Å². The van der Waals surface area contributed by atoms with E-state index in [0.717, 1.165) is 0 Å². The predicted octanol–water partition coefficient (Wildman–Crippen LogP) is 2.22. The van der Waals surface area contributed by atoms with Gasteiger partial charge in [0, 0.05) is 28.7 Å². The van der Waals surface area contributed by atoms with E-state index in [0.29, 0.717) is 0 Å². The molecule has 3 rings (SSSR count). The molecule has 0 saturated carbocycles. The Morgan fingerprint density at radius 2 is 2.00 bits per heavy atom. The molecule has 2 aromatic rings. The molecular formula is C9H5N. The van der Waals surface area contributed by atoms with Crippen LogP contribution in [-0.4, -0.2) is 4.98 Å². The maximum atomic E-state index is 4.11. The van der Waals surface area contributed by atoms with Crippen molar-refractivity contribution in [2.75, 3.05) is 0 Å². The van der Waals surface area contributed by atoms with Crippen LogP contribution in [-0.2, 0) is 0 Å². The molecule has 0 spiro atoms. The first-order valence-electron chi connectivity index (χ1n) is 3.34. The molecule has 1 aliphatic rings. The van der Waals surface area contributed by atoms with Crippen LogP contribution in [0.15, 0.2) is 30.6 Å². The molecule has 1 aromatic carbocycles. The molecule has 10 heavy (non-hydrogen) atoms. The summed E-state index contributed by atoms with van der Waals surface area (Å²) in [6.07, 6.45) is 3.84. The van der Waals surface area contributed by atoms with Crippen LogP contribution in [0.5, 0.6) is 0 Å². The van der Waals surface area contributed by atoms with Crippen molar-refractivity contribution in [2.45, 2.75) is 0 Å². The summed E-state index contributed by atoms with van der Waals surface area (Å²) in [4.78, 5) is 4.11. The predicted molar refractivity (Wildman–Crippen MR) is 40.7 cm³/mol. The summed E-state index contributed by atoms with van der Waals surface area (Å²) in [6, 6.07) is 6.31. The summed E-state index contributed by atoms with van der Waals surface area (Å²) in [6.45, 7) is 0. The molecule has 0 atom stereocenters. The smallest absolute Gasteiger partial charge is 0.0353 e. The van der Waals surface area contributed by atoms with Crippen molar-refractivity contribution in [3.63, 3.8) is 0 Å². The van der Waals surface area contributed by atoms with Crippen molar-refractivity contribution in [2.24, 2.45) is 0 Å². The summed E-state index contributed by atoms with van der Waals surface area (Å²) in [5.41, 5.74) is 2.72. The minimum Gasteiger partial charge on any atom is -0.263 e. The van der Waals surface area contributed by atoms with Crippen LogP contribution in [0.2, 0.25) is 0 Å². The second-order valence-electron chi connectivity index (χ2n) is 2.59. The van der Waals surface area contributed by atoms with E-state index in [1.807, 2.05) is 12.4 Å². The molecular weight excluding hydrogens is 122 g/mol. The zero-order valence-electron chi connectivity index (χ0n) is 5.33. The van der Waals surface area contributed by atoms with Gasteiger partial charge in [-0.3, -0.25) is 4.98 Å². The van der Waals surface area contributed by atoms with Crippen LogP contribution in [0.25, 0.3) is 21.9 Å². The van der Waals surface area contributed by atoms with E-state index in [-0.39, 0.29) is 0 Å². The maximum absolute atomic E-state index is 4.11. The van der Waals surface area contributed by atoms with Crippen LogP contribution >= 0.6 is 0 Å². The first-order chi connectivity index (χ1) is 4.97. The molecule has 1 heterocycles. The normalized spacial score (nSPS) is 12.0. The van der Waals surface area contributed by atoms with E-state index in [2.05, 4.69) is 23.2 Å². The maximum Gasteiger partial charge on any atom is 0.0353 e. The van der Waals surface area contributed by atoms with Gasteiger partial charge in [0.05, 0.1) is 0 Å². The Bertz CT molecular complexity index is 381. The highest BCUT2D eigenvalue weighted by Crippen LogP contribution is 2.45. The number of nitrogens with zero attached hydrogens (tertiary/aromatic N) is 1. The number of rotatable bonds is 0. The fraction of sp³-hybridized carbons (Fsp3) is 0. The lowest BCUT2D eigenvalue weighted by Gasteiger charge is -1.80. The van der Waals surface area contributed by atoms with Crippen molar-refractivity contribution < 1.29 is 0 Å². The van der Waals surface area contributed by atoms with Crippen molar-refractivity contribution in [3.05, 3.63) is 30.6 Å². The minimum absolute atomic E-state index is 1.27. The van der Waals surface area contributed by atoms with Crippen LogP contribution < -0.4 is 0 Å². The zero-order valence-corrected chi connectivity index (χ0v) is 5.33. The monoisotopic (exact) mass is 127 g/mol. The first kappa shape index (κ1) is 4.45. The average Bonchev–Trinajstić information content (AvgIpc) is 2.68. The molecule has 0 fully saturated rings. The summed E-state index contributed by atoms with van der Waals surface area (Å²) in [5.74, 6) is 0. The van der Waals surface area contributed by atoms with Gasteiger partial charge in [0.2, 0.25) is 0 Å². The fourth-order valence-electron chi connectivity index (χ4n) is 1.47. The number of fused-ring (bicyclic) bond motifs is 1. The van der Waals surface area contributed by atoms with Gasteiger partial charge in [0.15, 0.2) is 0 Å². The lowest BCUT2D eigenvalue weighted by molar-refractivity contribution is 1.39. The Morgan fingerprint density at radius 3 is 2.90 bits per heavy atom. The molecule has 0 bridgehead atoms. The minimum atomic E-state index is 1.27. The molecule has 0 radical (unpaired) electrons. The van der Waals surface area contributed by atoms with Crippen LogP contribution in [0.3, 0.4) is 0 Å². The highest BCUT2D eigenvalue weighted by Gasteiger charge is 2.19. The molecule has 1 heteroatoms. The van der Waals surface area contributed by atoms with E-state index in [1.165, 1.54) is 21.9 Å². The van der Waals surface area contributed by atoms with Crippen molar-refractivity contribution in [1.29, 1.82) is 0 Å². The van der Waals surface area contributed by atoms with Gasteiger partial charge in [-0.15, -0.1) is 0 Å². The number of aromatic nitrogens is 1. The van der Waals surface area contributed by atoms with Crippen LogP contribution in [0, 0.1) is 0 Å². The number of pyridine rings is 1. The molecule has 0 amide bonds. The van der Waals surface area contributed by atoms with Gasteiger partial charge in [-0.1, -0.05) is 18.2 Å². The Balaban J connectivity index is 2.67. The zero-order chi connectivity index (χ0) is 6.55. The van der Waals surface area contributed by atoms with E-state index in [1.54, 1.807) is 0 Å². The quantitative estimate of drug-likeness (QED) is 0.451. The second kappa shape index (κ2) is 1.21. The van der Waals surface area contributed by atoms with Gasteiger partial charge < -0.3 is 0 Å². The third-order valence-electron chi connectivity index (χ3n) is 2.01. The standard InChI is InChI=1S/C9H5N/c1-2-6-4-10-5-8-7(3-1)9(6)8/h1-5H. The molecule has 1 aromatic heterocycles. The van der Waals surface area contributed by atoms with Crippen LogP contribution in [0.1, 0.15) is 0 Å². The summed E-state index contributed by atoms with van der Waals surface area (Å²) in [7, 11) is 0. The van der Waals surface area contributed by atoms with Gasteiger partial charge in [0.25, 0.3) is 0 Å². The number of benzene rings is 1. The topological polar surface area (TPSA) is 12.9 Å². The average molecular weight is 127 g/mol. The highest BCUT2D eigenvalue weighted by molar-refractivity contribution is 6.19. The molecule has 0 unspecified atom stereocenters. The van der Waals surface area contributed by atoms with Crippen molar-refractivity contribution in [1.82, 2.24) is 4.98 Å². The number of hydrogen-bond donors (Lipinski definition) is 0. The Hall–Kier alpha value is -1.37. The summed E-state index contributed by atoms with van der Waals surface area (Å²) < 4.78 is 0. The molecule has 1 nitrogen and oxygen atoms in total. The highest BCUT2D eigenvalue weighted by atomic mass is 14.6. The Kier molecular flexibility index (Phi) is 0.539. The third-order valence-corrected chi connectivity index (χ3v) is 2.01.